The first-order valence-electron chi connectivity index (χ1n) is 8.78. The largest absolute Gasteiger partial charge is 0.465 e. The molecule has 0 radical (unpaired) electrons. The van der Waals surface area contributed by atoms with Gasteiger partial charge in [0, 0.05) is 17.0 Å². The molecule has 138 valence electrons. The molecular formula is C20H23NO4S. The van der Waals surface area contributed by atoms with E-state index in [0.717, 1.165) is 28.8 Å². The van der Waals surface area contributed by atoms with Gasteiger partial charge in [-0.3, -0.25) is 4.79 Å². The lowest BCUT2D eigenvalue weighted by Gasteiger charge is -2.11. The van der Waals surface area contributed by atoms with Gasteiger partial charge in [-0.25, -0.2) is 4.79 Å². The molecule has 1 aromatic carbocycles. The Balaban J connectivity index is 1.99. The SMILES string of the molecule is CCc1ccc(-c2c(C)sc(NC(=O)[C@H]3CCCO3)c2C(=O)OC)cc1. The molecule has 1 aromatic heterocycles. The lowest BCUT2D eigenvalue weighted by atomic mass is 9.99. The van der Waals surface area contributed by atoms with Gasteiger partial charge in [-0.2, -0.15) is 0 Å². The number of hydrogen-bond donors (Lipinski definition) is 1. The van der Waals surface area contributed by atoms with Gasteiger partial charge in [0.15, 0.2) is 0 Å². The Kier molecular flexibility index (Phi) is 5.74. The lowest BCUT2D eigenvalue weighted by molar-refractivity contribution is -0.124. The quantitative estimate of drug-likeness (QED) is 0.798. The molecule has 0 saturated carbocycles. The molecule has 1 N–H and O–H groups in total. The van der Waals surface area contributed by atoms with Crippen molar-refractivity contribution in [1.82, 2.24) is 0 Å². The van der Waals surface area contributed by atoms with Crippen LogP contribution < -0.4 is 5.32 Å². The molecule has 1 amide bonds. The van der Waals surface area contributed by atoms with Crippen LogP contribution in [-0.4, -0.2) is 31.7 Å². The number of rotatable bonds is 5. The molecule has 3 rings (SSSR count). The van der Waals surface area contributed by atoms with Gasteiger partial charge in [-0.1, -0.05) is 31.2 Å². The molecule has 0 spiro atoms. The first-order chi connectivity index (χ1) is 12.5. The average Bonchev–Trinajstić information content (AvgIpc) is 3.29. The Bertz CT molecular complexity index is 804. The van der Waals surface area contributed by atoms with Crippen LogP contribution in [0, 0.1) is 6.92 Å². The fraction of sp³-hybridized carbons (Fsp3) is 0.400. The third-order valence-electron chi connectivity index (χ3n) is 4.58. The number of hydrogen-bond acceptors (Lipinski definition) is 5. The van der Waals surface area contributed by atoms with Crippen LogP contribution in [0.25, 0.3) is 11.1 Å². The standard InChI is InChI=1S/C20H23NO4S/c1-4-13-7-9-14(10-8-13)16-12(2)26-19(17(16)20(23)24-3)21-18(22)15-6-5-11-25-15/h7-10,15H,4-6,11H2,1-3H3,(H,21,22)/t15-/m1/s1. The van der Waals surface area contributed by atoms with E-state index in [4.69, 9.17) is 9.47 Å². The lowest BCUT2D eigenvalue weighted by Crippen LogP contribution is -2.27. The number of anilines is 1. The Morgan fingerprint density at radius 3 is 2.62 bits per heavy atom. The Hall–Kier alpha value is -2.18. The minimum atomic E-state index is -0.452. The molecule has 6 heteroatoms. The topological polar surface area (TPSA) is 64.6 Å². The number of esters is 1. The van der Waals surface area contributed by atoms with Crippen LogP contribution in [0.1, 0.15) is 40.6 Å². The highest BCUT2D eigenvalue weighted by Gasteiger charge is 2.29. The molecule has 0 unspecified atom stereocenters. The number of carbonyl (C=O) groups excluding carboxylic acids is 2. The van der Waals surface area contributed by atoms with Gasteiger partial charge in [-0.05, 0) is 37.3 Å². The number of benzene rings is 1. The van der Waals surface area contributed by atoms with Crippen molar-refractivity contribution < 1.29 is 19.1 Å². The molecule has 0 aliphatic carbocycles. The summed E-state index contributed by atoms with van der Waals surface area (Å²) >= 11 is 1.39. The Labute approximate surface area is 157 Å². The third kappa shape index (κ3) is 3.66. The molecule has 2 aromatic rings. The molecule has 1 aliphatic heterocycles. The number of aryl methyl sites for hydroxylation is 2. The second-order valence-corrected chi connectivity index (χ2v) is 7.50. The maximum absolute atomic E-state index is 12.5. The van der Waals surface area contributed by atoms with Crippen LogP contribution in [0.5, 0.6) is 0 Å². The molecule has 1 fully saturated rings. The second kappa shape index (κ2) is 8.01. The summed E-state index contributed by atoms with van der Waals surface area (Å²) < 4.78 is 10.4. The molecule has 1 saturated heterocycles. The van der Waals surface area contributed by atoms with Crippen LogP contribution >= 0.6 is 11.3 Å². The van der Waals surface area contributed by atoms with Crippen LogP contribution in [0.2, 0.25) is 0 Å². The summed E-state index contributed by atoms with van der Waals surface area (Å²) in [5.74, 6) is -0.659. The zero-order chi connectivity index (χ0) is 18.7. The van der Waals surface area contributed by atoms with E-state index in [9.17, 15) is 9.59 Å². The van der Waals surface area contributed by atoms with Crippen molar-refractivity contribution in [3.63, 3.8) is 0 Å². The van der Waals surface area contributed by atoms with Gasteiger partial charge in [0.1, 0.15) is 16.7 Å². The highest BCUT2D eigenvalue weighted by molar-refractivity contribution is 7.17. The van der Waals surface area contributed by atoms with E-state index in [1.807, 2.05) is 19.1 Å². The molecule has 5 nitrogen and oxygen atoms in total. The number of carbonyl (C=O) groups is 2. The predicted molar refractivity (Wildman–Crippen MR) is 103 cm³/mol. The number of nitrogens with one attached hydrogen (secondary N) is 1. The fourth-order valence-electron chi connectivity index (χ4n) is 3.16. The van der Waals surface area contributed by atoms with Crippen molar-refractivity contribution in [2.45, 2.75) is 39.2 Å². The predicted octanol–water partition coefficient (Wildman–Crippen LogP) is 4.19. The molecule has 1 atom stereocenters. The van der Waals surface area contributed by atoms with Crippen molar-refractivity contribution in [2.75, 3.05) is 19.0 Å². The number of ether oxygens (including phenoxy) is 2. The summed E-state index contributed by atoms with van der Waals surface area (Å²) in [4.78, 5) is 25.9. The summed E-state index contributed by atoms with van der Waals surface area (Å²) in [6.07, 6.45) is 2.08. The third-order valence-corrected chi connectivity index (χ3v) is 5.60. The number of amides is 1. The molecule has 26 heavy (non-hydrogen) atoms. The normalized spacial score (nSPS) is 16.5. The van der Waals surface area contributed by atoms with Gasteiger partial charge in [0.05, 0.1) is 7.11 Å². The first-order valence-corrected chi connectivity index (χ1v) is 9.60. The van der Waals surface area contributed by atoms with Gasteiger partial charge < -0.3 is 14.8 Å². The first kappa shape index (κ1) is 18.6. The van der Waals surface area contributed by atoms with E-state index in [0.29, 0.717) is 23.6 Å². The van der Waals surface area contributed by atoms with E-state index in [1.165, 1.54) is 24.0 Å². The van der Waals surface area contributed by atoms with Gasteiger partial charge in [0.2, 0.25) is 0 Å². The average molecular weight is 373 g/mol. The van der Waals surface area contributed by atoms with Crippen molar-refractivity contribution in [2.24, 2.45) is 0 Å². The van der Waals surface area contributed by atoms with Crippen molar-refractivity contribution in [3.05, 3.63) is 40.3 Å². The van der Waals surface area contributed by atoms with E-state index in [-0.39, 0.29) is 5.91 Å². The zero-order valence-electron chi connectivity index (χ0n) is 15.3. The molecular weight excluding hydrogens is 350 g/mol. The van der Waals surface area contributed by atoms with Crippen molar-refractivity contribution in [3.8, 4) is 11.1 Å². The smallest absolute Gasteiger partial charge is 0.341 e. The van der Waals surface area contributed by atoms with E-state index < -0.39 is 12.1 Å². The van der Waals surface area contributed by atoms with E-state index in [1.54, 1.807) is 0 Å². The summed E-state index contributed by atoms with van der Waals surface area (Å²) in [5.41, 5.74) is 3.39. The Morgan fingerprint density at radius 2 is 2.04 bits per heavy atom. The maximum Gasteiger partial charge on any atom is 0.341 e. The maximum atomic E-state index is 12.5. The Morgan fingerprint density at radius 1 is 1.31 bits per heavy atom. The summed E-state index contributed by atoms with van der Waals surface area (Å²) in [6.45, 7) is 4.64. The summed E-state index contributed by atoms with van der Waals surface area (Å²) in [7, 11) is 1.35. The minimum absolute atomic E-state index is 0.207. The highest BCUT2D eigenvalue weighted by Crippen LogP contribution is 2.40. The molecule has 2 heterocycles. The number of thiophene rings is 1. The molecule has 0 bridgehead atoms. The van der Waals surface area contributed by atoms with Gasteiger partial charge in [-0.15, -0.1) is 11.3 Å². The van der Waals surface area contributed by atoms with Crippen LogP contribution in [0.3, 0.4) is 0 Å². The zero-order valence-corrected chi connectivity index (χ0v) is 16.1. The minimum Gasteiger partial charge on any atom is -0.465 e. The van der Waals surface area contributed by atoms with E-state index in [2.05, 4.69) is 24.4 Å². The van der Waals surface area contributed by atoms with Crippen LogP contribution in [-0.2, 0) is 20.7 Å². The highest BCUT2D eigenvalue weighted by atomic mass is 32.1. The second-order valence-electron chi connectivity index (χ2n) is 6.27. The molecule has 1 aliphatic rings. The van der Waals surface area contributed by atoms with Gasteiger partial charge in [0.25, 0.3) is 5.91 Å². The number of methoxy groups -OCH3 is 1. The summed E-state index contributed by atoms with van der Waals surface area (Å²) in [6, 6.07) is 8.12. The fourth-order valence-corrected chi connectivity index (χ4v) is 4.23. The van der Waals surface area contributed by atoms with Crippen LogP contribution in [0.4, 0.5) is 5.00 Å². The summed E-state index contributed by atoms with van der Waals surface area (Å²) in [5, 5.41) is 3.39. The monoisotopic (exact) mass is 373 g/mol. The van der Waals surface area contributed by atoms with Crippen molar-refractivity contribution in [1.29, 1.82) is 0 Å². The van der Waals surface area contributed by atoms with E-state index >= 15 is 0 Å². The van der Waals surface area contributed by atoms with Crippen LogP contribution in [0.15, 0.2) is 24.3 Å². The van der Waals surface area contributed by atoms with Gasteiger partial charge >= 0.3 is 5.97 Å². The van der Waals surface area contributed by atoms with Crippen molar-refractivity contribution >= 4 is 28.2 Å².